The maximum atomic E-state index is 10.8. The van der Waals surface area contributed by atoms with Crippen LogP contribution in [0.3, 0.4) is 0 Å². The summed E-state index contributed by atoms with van der Waals surface area (Å²) in [5.74, 6) is 0. The molecule has 2 atom stereocenters. The van der Waals surface area contributed by atoms with Gasteiger partial charge in [-0.1, -0.05) is 11.6 Å². The van der Waals surface area contributed by atoms with Gasteiger partial charge in [0, 0.05) is 17.7 Å². The van der Waals surface area contributed by atoms with Gasteiger partial charge in [0.2, 0.25) is 0 Å². The molecule has 0 amide bonds. The van der Waals surface area contributed by atoms with Crippen molar-refractivity contribution in [1.29, 1.82) is 0 Å². The second kappa shape index (κ2) is 5.08. The summed E-state index contributed by atoms with van der Waals surface area (Å²) in [7, 11) is 0. The maximum absolute atomic E-state index is 10.8. The number of rotatable bonds is 3. The number of hydrogen-bond donors (Lipinski definition) is 0. The number of ether oxygens (including phenoxy) is 2. The number of nitro groups is 2. The molecule has 0 aliphatic carbocycles. The van der Waals surface area contributed by atoms with E-state index in [9.17, 15) is 20.2 Å². The smallest absolute Gasteiger partial charge is 0.295 e. The first kappa shape index (κ1) is 13.7. The maximum Gasteiger partial charge on any atom is 0.295 e. The van der Waals surface area contributed by atoms with E-state index < -0.39 is 32.5 Å². The molecule has 2 unspecified atom stereocenters. The van der Waals surface area contributed by atoms with Crippen LogP contribution in [-0.2, 0) is 9.47 Å². The lowest BCUT2D eigenvalue weighted by molar-refractivity contribution is -0.394. The summed E-state index contributed by atoms with van der Waals surface area (Å²) in [6.07, 6.45) is -1.04. The molecule has 0 N–H and O–H groups in total. The zero-order chi connectivity index (χ0) is 14.2. The van der Waals surface area contributed by atoms with Gasteiger partial charge < -0.3 is 9.47 Å². The van der Waals surface area contributed by atoms with Crippen molar-refractivity contribution < 1.29 is 19.3 Å². The largest absolute Gasteiger partial charge is 0.346 e. The normalized spacial score (nSPS) is 22.4. The van der Waals surface area contributed by atoms with Gasteiger partial charge in [0.05, 0.1) is 22.6 Å². The van der Waals surface area contributed by atoms with Gasteiger partial charge in [-0.15, -0.1) is 0 Å². The van der Waals surface area contributed by atoms with E-state index in [1.165, 1.54) is 0 Å². The molecule has 0 saturated carbocycles. The van der Waals surface area contributed by atoms with Crippen LogP contribution in [0.5, 0.6) is 0 Å². The molecule has 0 radical (unpaired) electrons. The van der Waals surface area contributed by atoms with Crippen molar-refractivity contribution in [1.82, 2.24) is 0 Å². The Bertz CT molecular complexity index is 514. The van der Waals surface area contributed by atoms with Crippen LogP contribution >= 0.6 is 11.6 Å². The van der Waals surface area contributed by atoms with Crippen molar-refractivity contribution in [3.63, 3.8) is 0 Å². The summed E-state index contributed by atoms with van der Waals surface area (Å²) < 4.78 is 10.6. The molecule has 0 aromatic heterocycles. The summed E-state index contributed by atoms with van der Waals surface area (Å²) >= 11 is 5.64. The number of halogens is 1. The van der Waals surface area contributed by atoms with Crippen molar-refractivity contribution >= 4 is 23.0 Å². The monoisotopic (exact) mass is 288 g/mol. The molecule has 2 rings (SSSR count). The van der Waals surface area contributed by atoms with Crippen LogP contribution < -0.4 is 0 Å². The minimum absolute atomic E-state index is 0.182. The molecule has 19 heavy (non-hydrogen) atoms. The average molecular weight is 289 g/mol. The van der Waals surface area contributed by atoms with E-state index in [2.05, 4.69) is 0 Å². The lowest BCUT2D eigenvalue weighted by atomic mass is 10.1. The second-order valence-electron chi connectivity index (χ2n) is 4.00. The van der Waals surface area contributed by atoms with Crippen molar-refractivity contribution in [3.05, 3.63) is 42.9 Å². The standard InChI is InChI=1S/C10H9ClN2O6/c1-5-4-18-10(19-5)6-2-7(12(14)15)9(11)8(3-6)13(16)17/h2-3,5,10H,4H2,1H3. The quantitative estimate of drug-likeness (QED) is 0.625. The van der Waals surface area contributed by atoms with E-state index in [4.69, 9.17) is 21.1 Å². The fourth-order valence-electron chi connectivity index (χ4n) is 1.70. The molecular weight excluding hydrogens is 280 g/mol. The fourth-order valence-corrected chi connectivity index (χ4v) is 1.95. The van der Waals surface area contributed by atoms with E-state index in [0.29, 0.717) is 6.61 Å². The van der Waals surface area contributed by atoms with Gasteiger partial charge >= 0.3 is 0 Å². The molecule has 1 aromatic rings. The third-order valence-corrected chi connectivity index (χ3v) is 2.95. The van der Waals surface area contributed by atoms with Crippen LogP contribution in [-0.4, -0.2) is 22.6 Å². The van der Waals surface area contributed by atoms with Gasteiger partial charge in [0.25, 0.3) is 11.4 Å². The Labute approximate surface area is 112 Å². The Balaban J connectivity index is 2.50. The van der Waals surface area contributed by atoms with Crippen LogP contribution in [0.1, 0.15) is 18.8 Å². The molecule has 8 nitrogen and oxygen atoms in total. The van der Waals surface area contributed by atoms with Gasteiger partial charge in [-0.25, -0.2) is 0 Å². The lowest BCUT2D eigenvalue weighted by Crippen LogP contribution is -2.04. The third kappa shape index (κ3) is 2.65. The summed E-state index contributed by atoms with van der Waals surface area (Å²) in [6, 6.07) is 2.25. The predicted molar refractivity (Wildman–Crippen MR) is 64.0 cm³/mol. The third-order valence-electron chi connectivity index (χ3n) is 2.56. The SMILES string of the molecule is CC1COC(c2cc([N+](=O)[O-])c(Cl)c([N+](=O)[O-])c2)O1. The first-order valence-electron chi connectivity index (χ1n) is 5.29. The van der Waals surface area contributed by atoms with Crippen LogP contribution in [0.15, 0.2) is 12.1 Å². The average Bonchev–Trinajstić information content (AvgIpc) is 2.75. The summed E-state index contributed by atoms with van der Waals surface area (Å²) in [4.78, 5) is 20.1. The number of hydrogen-bond acceptors (Lipinski definition) is 6. The van der Waals surface area contributed by atoms with Crippen LogP contribution in [0.25, 0.3) is 0 Å². The van der Waals surface area contributed by atoms with Crippen molar-refractivity contribution in [2.24, 2.45) is 0 Å². The molecule has 1 saturated heterocycles. The van der Waals surface area contributed by atoms with Crippen LogP contribution in [0, 0.1) is 20.2 Å². The molecule has 9 heteroatoms. The zero-order valence-electron chi connectivity index (χ0n) is 9.74. The van der Waals surface area contributed by atoms with Crippen LogP contribution in [0.4, 0.5) is 11.4 Å². The molecule has 1 aliphatic heterocycles. The van der Waals surface area contributed by atoms with Gasteiger partial charge in [0.1, 0.15) is 0 Å². The van der Waals surface area contributed by atoms with E-state index in [1.54, 1.807) is 6.92 Å². The van der Waals surface area contributed by atoms with Gasteiger partial charge in [0.15, 0.2) is 11.3 Å². The Morgan fingerprint density at radius 3 is 2.16 bits per heavy atom. The Morgan fingerprint density at radius 2 is 1.79 bits per heavy atom. The van der Waals surface area contributed by atoms with Crippen molar-refractivity contribution in [2.45, 2.75) is 19.3 Å². The van der Waals surface area contributed by atoms with E-state index in [1.807, 2.05) is 0 Å². The Hall–Kier alpha value is -1.77. The number of nitro benzene ring substituents is 2. The highest BCUT2D eigenvalue weighted by Gasteiger charge is 2.31. The Morgan fingerprint density at radius 1 is 1.26 bits per heavy atom. The fraction of sp³-hybridized carbons (Fsp3) is 0.400. The van der Waals surface area contributed by atoms with E-state index in [-0.39, 0.29) is 11.7 Å². The lowest BCUT2D eigenvalue weighted by Gasteiger charge is -2.10. The minimum Gasteiger partial charge on any atom is -0.346 e. The molecule has 102 valence electrons. The molecule has 1 aromatic carbocycles. The molecule has 0 spiro atoms. The Kier molecular flexibility index (Phi) is 3.65. The first-order chi connectivity index (χ1) is 8.90. The summed E-state index contributed by atoms with van der Waals surface area (Å²) in [6.45, 7) is 2.08. The minimum atomic E-state index is -0.857. The van der Waals surface area contributed by atoms with E-state index in [0.717, 1.165) is 12.1 Å². The second-order valence-corrected chi connectivity index (χ2v) is 4.38. The van der Waals surface area contributed by atoms with Gasteiger partial charge in [-0.3, -0.25) is 20.2 Å². The molecule has 1 aliphatic rings. The first-order valence-corrected chi connectivity index (χ1v) is 5.67. The highest BCUT2D eigenvalue weighted by Crippen LogP contribution is 2.38. The van der Waals surface area contributed by atoms with Crippen LogP contribution in [0.2, 0.25) is 5.02 Å². The number of benzene rings is 1. The summed E-state index contributed by atoms with van der Waals surface area (Å²) in [5.41, 5.74) is -0.887. The highest BCUT2D eigenvalue weighted by molar-refractivity contribution is 6.34. The van der Waals surface area contributed by atoms with E-state index >= 15 is 0 Å². The molecule has 1 heterocycles. The zero-order valence-corrected chi connectivity index (χ0v) is 10.5. The molecular formula is C10H9ClN2O6. The van der Waals surface area contributed by atoms with Crippen molar-refractivity contribution in [2.75, 3.05) is 6.61 Å². The summed E-state index contributed by atoms with van der Waals surface area (Å²) in [5, 5.41) is 21.2. The topological polar surface area (TPSA) is 105 Å². The molecule has 1 fully saturated rings. The van der Waals surface area contributed by atoms with Gasteiger partial charge in [-0.05, 0) is 6.92 Å². The molecule has 0 bridgehead atoms. The number of nitrogens with zero attached hydrogens (tertiary/aromatic N) is 2. The van der Waals surface area contributed by atoms with Gasteiger partial charge in [-0.2, -0.15) is 0 Å². The highest BCUT2D eigenvalue weighted by atomic mass is 35.5. The predicted octanol–water partition coefficient (Wildman–Crippen LogP) is 2.59. The van der Waals surface area contributed by atoms with Crippen molar-refractivity contribution in [3.8, 4) is 0 Å².